The first-order valence-corrected chi connectivity index (χ1v) is 12.9. The summed E-state index contributed by atoms with van der Waals surface area (Å²) in [5.41, 5.74) is 6.83. The van der Waals surface area contributed by atoms with E-state index < -0.39 is 11.7 Å². The lowest BCUT2D eigenvalue weighted by Crippen LogP contribution is -2.42. The molecule has 2 aromatic rings. The molecule has 0 radical (unpaired) electrons. The molecule has 0 unspecified atom stereocenters. The Morgan fingerprint density at radius 2 is 2.06 bits per heavy atom. The molecule has 1 saturated heterocycles. The Bertz CT molecular complexity index is 1100. The van der Waals surface area contributed by atoms with Crippen molar-refractivity contribution < 1.29 is 18.7 Å². The van der Waals surface area contributed by atoms with Gasteiger partial charge in [0.2, 0.25) is 5.91 Å². The van der Waals surface area contributed by atoms with Crippen LogP contribution in [0.5, 0.6) is 5.75 Å². The second-order valence-electron chi connectivity index (χ2n) is 8.78. The van der Waals surface area contributed by atoms with E-state index in [-0.39, 0.29) is 23.5 Å². The summed E-state index contributed by atoms with van der Waals surface area (Å²) in [5.74, 6) is -0.721. The number of rotatable bonds is 11. The number of nitrogens with one attached hydrogen (secondary N) is 3. The Morgan fingerprint density at radius 3 is 2.81 bits per heavy atom. The van der Waals surface area contributed by atoms with Crippen molar-refractivity contribution in [1.82, 2.24) is 15.5 Å². The molecule has 1 heterocycles. The van der Waals surface area contributed by atoms with Crippen LogP contribution in [-0.4, -0.2) is 55.5 Å². The maximum Gasteiger partial charge on any atom is 0.258 e. The van der Waals surface area contributed by atoms with Crippen molar-refractivity contribution in [3.63, 3.8) is 0 Å². The summed E-state index contributed by atoms with van der Waals surface area (Å²) in [6.45, 7) is 2.13. The van der Waals surface area contributed by atoms with Gasteiger partial charge in [-0.25, -0.2) is 4.39 Å². The third kappa shape index (κ3) is 7.51. The molecule has 0 spiro atoms. The van der Waals surface area contributed by atoms with Gasteiger partial charge in [0.1, 0.15) is 11.6 Å². The predicted octanol–water partition coefficient (Wildman–Crippen LogP) is 3.37. The summed E-state index contributed by atoms with van der Waals surface area (Å²) in [5, 5.41) is 13.5. The van der Waals surface area contributed by atoms with Gasteiger partial charge in [-0.15, -0.1) is 0 Å². The van der Waals surface area contributed by atoms with E-state index in [0.29, 0.717) is 30.7 Å². The third-order valence-corrected chi connectivity index (χ3v) is 6.85. The topological polar surface area (TPSA) is 121 Å². The van der Waals surface area contributed by atoms with Crippen molar-refractivity contribution in [3.05, 3.63) is 63.4 Å². The number of hydrogen-bond acceptors (Lipinski definition) is 5. The monoisotopic (exact) mass is 561 g/mol. The average Bonchev–Trinajstić information content (AvgIpc) is 3.32. The molecule has 1 aliphatic heterocycles. The molecule has 10 heteroatoms. The number of nitrogens with zero attached hydrogens (tertiary/aromatic N) is 1. The third-order valence-electron chi connectivity index (χ3n) is 6.35. The van der Waals surface area contributed by atoms with Gasteiger partial charge in [0.25, 0.3) is 5.91 Å². The van der Waals surface area contributed by atoms with E-state index in [1.165, 1.54) is 12.1 Å². The molecule has 1 aliphatic rings. The van der Waals surface area contributed by atoms with Crippen molar-refractivity contribution >= 4 is 33.7 Å². The van der Waals surface area contributed by atoms with E-state index in [4.69, 9.17) is 15.9 Å². The van der Waals surface area contributed by atoms with E-state index >= 15 is 0 Å². The number of carbonyl (C=O) groups is 2. The molecular formula is C26H33BrFN5O3. The minimum Gasteiger partial charge on any atom is -0.496 e. The van der Waals surface area contributed by atoms with Crippen LogP contribution < -0.4 is 21.1 Å². The number of methoxy groups -OCH3 is 1. The van der Waals surface area contributed by atoms with E-state index in [1.54, 1.807) is 13.2 Å². The number of amides is 2. The lowest BCUT2D eigenvalue weighted by Gasteiger charge is -2.21. The number of halogens is 2. The fourth-order valence-corrected chi connectivity index (χ4v) is 4.93. The fraction of sp³-hybridized carbons (Fsp3) is 0.423. The lowest BCUT2D eigenvalue weighted by atomic mass is 9.98. The van der Waals surface area contributed by atoms with Crippen LogP contribution in [0.2, 0.25) is 0 Å². The zero-order valence-electron chi connectivity index (χ0n) is 20.4. The van der Waals surface area contributed by atoms with Gasteiger partial charge in [0, 0.05) is 22.1 Å². The molecule has 194 valence electrons. The van der Waals surface area contributed by atoms with Crippen LogP contribution in [0.15, 0.2) is 40.9 Å². The first-order valence-electron chi connectivity index (χ1n) is 12.1. The first-order chi connectivity index (χ1) is 17.3. The number of hydrogen-bond donors (Lipinski definition) is 4. The normalized spacial score (nSPS) is 15.5. The highest BCUT2D eigenvalue weighted by Gasteiger charge is 2.28. The highest BCUT2D eigenvalue weighted by Crippen LogP contribution is 2.25. The summed E-state index contributed by atoms with van der Waals surface area (Å²) in [6.07, 6.45) is 4.16. The summed E-state index contributed by atoms with van der Waals surface area (Å²) in [4.78, 5) is 26.4. The van der Waals surface area contributed by atoms with Gasteiger partial charge >= 0.3 is 0 Å². The molecule has 1 fully saturated rings. The second-order valence-corrected chi connectivity index (χ2v) is 9.70. The zero-order chi connectivity index (χ0) is 26.1. The van der Waals surface area contributed by atoms with Crippen molar-refractivity contribution in [2.75, 3.05) is 26.7 Å². The Labute approximate surface area is 219 Å². The van der Waals surface area contributed by atoms with E-state index in [2.05, 4.69) is 31.5 Å². The SMILES string of the molecule is COc1ccc(Br)cc1CCc1c(F)cccc1C(=O)NC(=N)NCCCCN1CCC[C@@H]1C(N)=O. The van der Waals surface area contributed by atoms with Gasteiger partial charge in [-0.2, -0.15) is 0 Å². The molecular weight excluding hydrogens is 529 g/mol. The van der Waals surface area contributed by atoms with Crippen LogP contribution in [0.4, 0.5) is 4.39 Å². The maximum atomic E-state index is 14.7. The van der Waals surface area contributed by atoms with E-state index in [1.807, 2.05) is 18.2 Å². The number of primary amides is 1. The number of unbranched alkanes of at least 4 members (excludes halogenated alkanes) is 1. The number of likely N-dealkylation sites (tertiary alicyclic amines) is 1. The molecule has 2 amide bonds. The first kappa shape index (κ1) is 27.6. The average molecular weight is 562 g/mol. The van der Waals surface area contributed by atoms with Crippen molar-refractivity contribution in [2.24, 2.45) is 5.73 Å². The zero-order valence-corrected chi connectivity index (χ0v) is 22.0. The Balaban J connectivity index is 1.50. The minimum absolute atomic E-state index is 0.139. The van der Waals surface area contributed by atoms with Crippen molar-refractivity contribution in [2.45, 2.75) is 44.6 Å². The molecule has 0 bridgehead atoms. The highest BCUT2D eigenvalue weighted by atomic mass is 79.9. The fourth-order valence-electron chi connectivity index (χ4n) is 4.52. The number of carbonyl (C=O) groups excluding carboxylic acids is 2. The van der Waals surface area contributed by atoms with Crippen LogP contribution in [0.3, 0.4) is 0 Å². The molecule has 0 aliphatic carbocycles. The number of benzene rings is 2. The molecule has 8 nitrogen and oxygen atoms in total. The van der Waals surface area contributed by atoms with Gasteiger partial charge < -0.3 is 15.8 Å². The number of guanidine groups is 1. The summed E-state index contributed by atoms with van der Waals surface area (Å²) < 4.78 is 21.0. The van der Waals surface area contributed by atoms with Gasteiger partial charge in [0.15, 0.2) is 5.96 Å². The second kappa shape index (κ2) is 13.4. The standard InChI is InChI=1S/C26H33BrFN5O3/c1-36-23-12-10-18(27)16-17(23)9-11-19-20(6-4-7-21(19)28)25(35)32-26(30)31-13-2-3-14-33-15-5-8-22(33)24(29)34/h4,6-7,10,12,16,22H,2-3,5,8-9,11,13-15H2,1H3,(H2,29,34)(H3,30,31,32,35)/t22-/m1/s1. The van der Waals surface area contributed by atoms with Gasteiger partial charge in [0.05, 0.1) is 13.2 Å². The maximum absolute atomic E-state index is 14.7. The van der Waals surface area contributed by atoms with Crippen molar-refractivity contribution in [1.29, 1.82) is 5.41 Å². The quantitative estimate of drug-likeness (QED) is 0.190. The van der Waals surface area contributed by atoms with Crippen LogP contribution in [0, 0.1) is 11.2 Å². The van der Waals surface area contributed by atoms with Crippen LogP contribution in [0.1, 0.15) is 47.2 Å². The molecule has 3 rings (SSSR count). The largest absolute Gasteiger partial charge is 0.496 e. The lowest BCUT2D eigenvalue weighted by molar-refractivity contribution is -0.122. The van der Waals surface area contributed by atoms with Crippen LogP contribution in [-0.2, 0) is 17.6 Å². The Hall–Kier alpha value is -2.98. The van der Waals surface area contributed by atoms with Gasteiger partial charge in [-0.3, -0.25) is 25.2 Å². The van der Waals surface area contributed by atoms with Crippen LogP contribution >= 0.6 is 15.9 Å². The molecule has 2 aromatic carbocycles. The number of aryl methyl sites for hydroxylation is 1. The van der Waals surface area contributed by atoms with E-state index in [0.717, 1.165) is 48.8 Å². The number of ether oxygens (including phenoxy) is 1. The van der Waals surface area contributed by atoms with Gasteiger partial charge in [-0.1, -0.05) is 22.0 Å². The van der Waals surface area contributed by atoms with Crippen LogP contribution in [0.25, 0.3) is 0 Å². The van der Waals surface area contributed by atoms with Gasteiger partial charge in [-0.05, 0) is 87.5 Å². The minimum atomic E-state index is -0.537. The molecule has 5 N–H and O–H groups in total. The number of nitrogens with two attached hydrogens (primary N) is 1. The molecule has 0 saturated carbocycles. The van der Waals surface area contributed by atoms with Crippen molar-refractivity contribution in [3.8, 4) is 5.75 Å². The highest BCUT2D eigenvalue weighted by molar-refractivity contribution is 9.10. The Morgan fingerprint density at radius 1 is 1.25 bits per heavy atom. The molecule has 1 atom stereocenters. The summed E-state index contributed by atoms with van der Waals surface area (Å²) in [6, 6.07) is 9.82. The van der Waals surface area contributed by atoms with E-state index in [9.17, 15) is 14.0 Å². The summed E-state index contributed by atoms with van der Waals surface area (Å²) in [7, 11) is 1.58. The smallest absolute Gasteiger partial charge is 0.258 e. The molecule has 36 heavy (non-hydrogen) atoms. The predicted molar refractivity (Wildman–Crippen MR) is 141 cm³/mol. The Kier molecular flexibility index (Phi) is 10.2. The summed E-state index contributed by atoms with van der Waals surface area (Å²) >= 11 is 3.44. The molecule has 0 aromatic heterocycles.